The van der Waals surface area contributed by atoms with Gasteiger partial charge in [0, 0.05) is 29.6 Å². The van der Waals surface area contributed by atoms with Gasteiger partial charge in [0.2, 0.25) is 0 Å². The van der Waals surface area contributed by atoms with Crippen LogP contribution in [0.2, 0.25) is 0 Å². The predicted octanol–water partition coefficient (Wildman–Crippen LogP) is 3.18. The number of para-hydroxylation sites is 2. The SMILES string of the molecule is O=C(Nc1ccccc1)C1=CNc2ccccc2C1. The molecule has 2 aromatic rings. The van der Waals surface area contributed by atoms with Crippen LogP contribution in [-0.4, -0.2) is 5.91 Å². The first-order valence-corrected chi connectivity index (χ1v) is 6.23. The first-order valence-electron chi connectivity index (χ1n) is 6.23. The van der Waals surface area contributed by atoms with Crippen molar-refractivity contribution in [1.82, 2.24) is 0 Å². The van der Waals surface area contributed by atoms with E-state index in [0.29, 0.717) is 6.42 Å². The van der Waals surface area contributed by atoms with Gasteiger partial charge in [0.15, 0.2) is 0 Å². The molecular weight excluding hydrogens is 236 g/mol. The number of carbonyl (C=O) groups is 1. The van der Waals surface area contributed by atoms with Crippen LogP contribution < -0.4 is 10.6 Å². The van der Waals surface area contributed by atoms with Gasteiger partial charge in [-0.3, -0.25) is 4.79 Å². The highest BCUT2D eigenvalue weighted by atomic mass is 16.1. The number of fused-ring (bicyclic) bond motifs is 1. The van der Waals surface area contributed by atoms with E-state index in [-0.39, 0.29) is 5.91 Å². The van der Waals surface area contributed by atoms with E-state index >= 15 is 0 Å². The quantitative estimate of drug-likeness (QED) is 0.859. The van der Waals surface area contributed by atoms with Crippen LogP contribution in [0, 0.1) is 0 Å². The largest absolute Gasteiger partial charge is 0.361 e. The molecule has 1 heterocycles. The second-order valence-electron chi connectivity index (χ2n) is 4.47. The minimum absolute atomic E-state index is 0.0618. The maximum atomic E-state index is 12.2. The summed E-state index contributed by atoms with van der Waals surface area (Å²) in [6.45, 7) is 0. The lowest BCUT2D eigenvalue weighted by molar-refractivity contribution is -0.112. The number of anilines is 2. The van der Waals surface area contributed by atoms with Crippen LogP contribution in [0.15, 0.2) is 66.4 Å². The van der Waals surface area contributed by atoms with E-state index in [9.17, 15) is 4.79 Å². The molecule has 2 N–H and O–H groups in total. The van der Waals surface area contributed by atoms with Crippen molar-refractivity contribution in [3.8, 4) is 0 Å². The van der Waals surface area contributed by atoms with Gasteiger partial charge in [0.05, 0.1) is 0 Å². The molecule has 0 saturated heterocycles. The third-order valence-electron chi connectivity index (χ3n) is 3.12. The highest BCUT2D eigenvalue weighted by Gasteiger charge is 2.16. The fraction of sp³-hybridized carbons (Fsp3) is 0.0625. The molecule has 0 fully saturated rings. The highest BCUT2D eigenvalue weighted by Crippen LogP contribution is 2.24. The highest BCUT2D eigenvalue weighted by molar-refractivity contribution is 6.04. The summed E-state index contributed by atoms with van der Waals surface area (Å²) in [5, 5.41) is 6.05. The van der Waals surface area contributed by atoms with Gasteiger partial charge in [-0.1, -0.05) is 36.4 Å². The molecule has 0 unspecified atom stereocenters. The first-order chi connectivity index (χ1) is 9.33. The Bertz CT molecular complexity index is 632. The zero-order valence-electron chi connectivity index (χ0n) is 10.4. The Balaban J connectivity index is 1.74. The van der Waals surface area contributed by atoms with E-state index in [1.54, 1.807) is 6.20 Å². The number of hydrogen-bond donors (Lipinski definition) is 2. The van der Waals surface area contributed by atoms with E-state index in [1.807, 2.05) is 54.6 Å². The van der Waals surface area contributed by atoms with Crippen LogP contribution in [-0.2, 0) is 11.2 Å². The monoisotopic (exact) mass is 250 g/mol. The van der Waals surface area contributed by atoms with E-state index in [1.165, 1.54) is 0 Å². The van der Waals surface area contributed by atoms with E-state index in [4.69, 9.17) is 0 Å². The molecule has 0 radical (unpaired) electrons. The van der Waals surface area contributed by atoms with Crippen LogP contribution >= 0.6 is 0 Å². The zero-order valence-corrected chi connectivity index (χ0v) is 10.4. The van der Waals surface area contributed by atoms with Crippen molar-refractivity contribution in [3.05, 3.63) is 71.9 Å². The predicted molar refractivity (Wildman–Crippen MR) is 76.9 cm³/mol. The van der Waals surface area contributed by atoms with Gasteiger partial charge in [-0.05, 0) is 23.8 Å². The zero-order chi connectivity index (χ0) is 13.1. The molecule has 3 heteroatoms. The second kappa shape index (κ2) is 4.98. The summed E-state index contributed by atoms with van der Waals surface area (Å²) in [6.07, 6.45) is 2.43. The molecule has 0 saturated carbocycles. The number of carbonyl (C=O) groups excluding carboxylic acids is 1. The summed E-state index contributed by atoms with van der Waals surface area (Å²) in [5.74, 6) is -0.0618. The van der Waals surface area contributed by atoms with Crippen LogP contribution in [0.4, 0.5) is 11.4 Å². The molecule has 0 atom stereocenters. The molecular formula is C16H14N2O. The third-order valence-corrected chi connectivity index (χ3v) is 3.12. The van der Waals surface area contributed by atoms with Gasteiger partial charge >= 0.3 is 0 Å². The molecule has 2 aromatic carbocycles. The maximum absolute atomic E-state index is 12.2. The van der Waals surface area contributed by atoms with Crippen LogP contribution in [0.5, 0.6) is 0 Å². The van der Waals surface area contributed by atoms with Crippen LogP contribution in [0.1, 0.15) is 5.56 Å². The summed E-state index contributed by atoms with van der Waals surface area (Å²) < 4.78 is 0. The van der Waals surface area contributed by atoms with Crippen molar-refractivity contribution in [2.75, 3.05) is 10.6 Å². The molecule has 1 aliphatic rings. The number of rotatable bonds is 2. The Kier molecular flexibility index (Phi) is 3.02. The van der Waals surface area contributed by atoms with Gasteiger partial charge in [0.25, 0.3) is 5.91 Å². The molecule has 3 rings (SSSR count). The normalized spacial score (nSPS) is 12.9. The minimum Gasteiger partial charge on any atom is -0.361 e. The standard InChI is InChI=1S/C16H14N2O/c19-16(18-14-7-2-1-3-8-14)13-10-12-6-4-5-9-15(12)17-11-13/h1-9,11,17H,10H2,(H,18,19). The smallest absolute Gasteiger partial charge is 0.253 e. The Labute approximate surface area is 112 Å². The van der Waals surface area contributed by atoms with Gasteiger partial charge in [0.1, 0.15) is 0 Å². The molecule has 1 amide bonds. The average molecular weight is 250 g/mol. The minimum atomic E-state index is -0.0618. The lowest BCUT2D eigenvalue weighted by Crippen LogP contribution is -2.19. The van der Waals surface area contributed by atoms with Crippen molar-refractivity contribution in [1.29, 1.82) is 0 Å². The van der Waals surface area contributed by atoms with Crippen molar-refractivity contribution in [2.45, 2.75) is 6.42 Å². The molecule has 94 valence electrons. The molecule has 0 spiro atoms. The van der Waals surface area contributed by atoms with Gasteiger partial charge in [-0.2, -0.15) is 0 Å². The molecule has 1 aliphatic heterocycles. The summed E-state index contributed by atoms with van der Waals surface area (Å²) >= 11 is 0. The Morgan fingerprint density at radius 2 is 1.74 bits per heavy atom. The van der Waals surface area contributed by atoms with Gasteiger partial charge in [-0.25, -0.2) is 0 Å². The number of benzene rings is 2. The molecule has 19 heavy (non-hydrogen) atoms. The number of hydrogen-bond acceptors (Lipinski definition) is 2. The Hall–Kier alpha value is -2.55. The average Bonchev–Trinajstić information content (AvgIpc) is 2.48. The lowest BCUT2D eigenvalue weighted by Gasteiger charge is -2.17. The van der Waals surface area contributed by atoms with Gasteiger partial charge < -0.3 is 10.6 Å². The second-order valence-corrected chi connectivity index (χ2v) is 4.47. The summed E-state index contributed by atoms with van der Waals surface area (Å²) in [6, 6.07) is 17.5. The first kappa shape index (κ1) is 11.5. The molecule has 0 aromatic heterocycles. The number of nitrogens with one attached hydrogen (secondary N) is 2. The van der Waals surface area contributed by atoms with Crippen LogP contribution in [0.3, 0.4) is 0 Å². The summed E-state index contributed by atoms with van der Waals surface area (Å²) in [7, 11) is 0. The van der Waals surface area contributed by atoms with E-state index in [2.05, 4.69) is 10.6 Å². The maximum Gasteiger partial charge on any atom is 0.253 e. The summed E-state index contributed by atoms with van der Waals surface area (Å²) in [5.41, 5.74) is 3.76. The molecule has 0 bridgehead atoms. The topological polar surface area (TPSA) is 41.1 Å². The molecule has 3 nitrogen and oxygen atoms in total. The fourth-order valence-electron chi connectivity index (χ4n) is 2.12. The Morgan fingerprint density at radius 1 is 1.00 bits per heavy atom. The third kappa shape index (κ3) is 2.50. The van der Waals surface area contributed by atoms with Crippen molar-refractivity contribution in [3.63, 3.8) is 0 Å². The van der Waals surface area contributed by atoms with Gasteiger partial charge in [-0.15, -0.1) is 0 Å². The van der Waals surface area contributed by atoms with Crippen LogP contribution in [0.25, 0.3) is 0 Å². The molecule has 0 aliphatic carbocycles. The Morgan fingerprint density at radius 3 is 2.58 bits per heavy atom. The van der Waals surface area contributed by atoms with Crippen molar-refractivity contribution >= 4 is 17.3 Å². The van der Waals surface area contributed by atoms with E-state index < -0.39 is 0 Å². The van der Waals surface area contributed by atoms with Crippen molar-refractivity contribution < 1.29 is 4.79 Å². The van der Waals surface area contributed by atoms with Crippen molar-refractivity contribution in [2.24, 2.45) is 0 Å². The summed E-state index contributed by atoms with van der Waals surface area (Å²) in [4.78, 5) is 12.2. The lowest BCUT2D eigenvalue weighted by atomic mass is 10.0. The number of amides is 1. The fourth-order valence-corrected chi connectivity index (χ4v) is 2.12. The van der Waals surface area contributed by atoms with E-state index in [0.717, 1.165) is 22.5 Å².